The fourth-order valence-corrected chi connectivity index (χ4v) is 3.48. The van der Waals surface area contributed by atoms with Crippen molar-refractivity contribution in [2.24, 2.45) is 5.92 Å². The van der Waals surface area contributed by atoms with E-state index in [2.05, 4.69) is 17.0 Å². The Morgan fingerprint density at radius 2 is 2.04 bits per heavy atom. The van der Waals surface area contributed by atoms with Gasteiger partial charge in [0.05, 0.1) is 22.3 Å². The summed E-state index contributed by atoms with van der Waals surface area (Å²) >= 11 is 6.31. The maximum atomic E-state index is 8.98. The number of nitrogens with zero attached hydrogens (tertiary/aromatic N) is 2. The summed E-state index contributed by atoms with van der Waals surface area (Å²) in [7, 11) is 0. The molecule has 0 aromatic heterocycles. The molecule has 2 N–H and O–H groups in total. The molecule has 2 aromatic carbocycles. The molecule has 1 aliphatic rings. The van der Waals surface area contributed by atoms with Crippen LogP contribution in [0, 0.1) is 23.3 Å². The summed E-state index contributed by atoms with van der Waals surface area (Å²) in [6.07, 6.45) is 3.22. The van der Waals surface area contributed by atoms with E-state index >= 15 is 0 Å². The molecule has 0 atom stereocenters. The third-order valence-corrected chi connectivity index (χ3v) is 4.73. The van der Waals surface area contributed by atoms with E-state index in [0.717, 1.165) is 48.6 Å². The highest BCUT2D eigenvalue weighted by atomic mass is 35.5. The first-order valence-corrected chi connectivity index (χ1v) is 8.24. The Morgan fingerprint density at radius 1 is 1.26 bits per heavy atom. The Labute approximate surface area is 142 Å². The molecule has 3 nitrogen and oxygen atoms in total. The van der Waals surface area contributed by atoms with Crippen LogP contribution in [0.2, 0.25) is 5.02 Å². The predicted octanol–water partition coefficient (Wildman–Crippen LogP) is 4.05. The Bertz CT molecular complexity index is 728. The second-order valence-corrected chi connectivity index (χ2v) is 6.47. The lowest BCUT2D eigenvalue weighted by Crippen LogP contribution is -2.34. The molecule has 1 heterocycles. The van der Waals surface area contributed by atoms with E-state index in [0.29, 0.717) is 17.2 Å². The van der Waals surface area contributed by atoms with Crippen molar-refractivity contribution in [3.8, 4) is 6.07 Å². The summed E-state index contributed by atoms with van der Waals surface area (Å²) < 4.78 is 0. The maximum absolute atomic E-state index is 8.98. The average molecular weight is 325 g/mol. The molecule has 1 radical (unpaired) electrons. The van der Waals surface area contributed by atoms with Crippen molar-refractivity contribution in [3.63, 3.8) is 0 Å². The van der Waals surface area contributed by atoms with E-state index in [9.17, 15) is 0 Å². The summed E-state index contributed by atoms with van der Waals surface area (Å²) in [6.45, 7) is 1.98. The van der Waals surface area contributed by atoms with Gasteiger partial charge in [-0.25, -0.2) is 0 Å². The normalized spacial score (nSPS) is 15.4. The van der Waals surface area contributed by atoms with Gasteiger partial charge in [-0.15, -0.1) is 0 Å². The summed E-state index contributed by atoms with van der Waals surface area (Å²) in [5, 5.41) is 9.70. The summed E-state index contributed by atoms with van der Waals surface area (Å²) in [5.74, 6) is 0.629. The third kappa shape index (κ3) is 3.78. The van der Waals surface area contributed by atoms with Crippen LogP contribution in [-0.2, 0) is 6.42 Å². The average Bonchev–Trinajstić information content (AvgIpc) is 2.56. The van der Waals surface area contributed by atoms with Gasteiger partial charge in [0.15, 0.2) is 0 Å². The molecule has 1 aliphatic heterocycles. The van der Waals surface area contributed by atoms with Crippen LogP contribution < -0.4 is 10.6 Å². The second kappa shape index (κ2) is 6.93. The number of hydrogen-bond acceptors (Lipinski definition) is 3. The van der Waals surface area contributed by atoms with Gasteiger partial charge in [-0.1, -0.05) is 17.7 Å². The van der Waals surface area contributed by atoms with E-state index in [-0.39, 0.29) is 0 Å². The molecule has 1 fully saturated rings. The minimum atomic E-state index is 0.629. The van der Waals surface area contributed by atoms with E-state index in [1.54, 1.807) is 6.07 Å². The van der Waals surface area contributed by atoms with Crippen molar-refractivity contribution in [3.05, 3.63) is 58.6 Å². The lowest BCUT2D eigenvalue weighted by atomic mass is 9.89. The standard InChI is InChI=1S/C19H19ClN3/c20-18-12-17(22)4-5-19(18)23-8-6-14(7-9-23)10-15-2-1-3-16(11-15)13-21/h1,3-5,11-12,14H,6-10,22H2. The summed E-state index contributed by atoms with van der Waals surface area (Å²) in [6, 6.07) is 16.7. The Balaban J connectivity index is 1.61. The molecule has 1 saturated heterocycles. The first-order valence-electron chi connectivity index (χ1n) is 7.86. The number of piperidine rings is 1. The molecule has 23 heavy (non-hydrogen) atoms. The first-order chi connectivity index (χ1) is 11.2. The molecule has 0 unspecified atom stereocenters. The van der Waals surface area contributed by atoms with Crippen LogP contribution in [0.3, 0.4) is 0 Å². The van der Waals surface area contributed by atoms with E-state index < -0.39 is 0 Å². The van der Waals surface area contributed by atoms with Crippen LogP contribution in [0.4, 0.5) is 11.4 Å². The highest BCUT2D eigenvalue weighted by Crippen LogP contribution is 2.32. The molecule has 4 heteroatoms. The van der Waals surface area contributed by atoms with Gasteiger partial charge in [-0.2, -0.15) is 5.26 Å². The van der Waals surface area contributed by atoms with Gasteiger partial charge in [-0.3, -0.25) is 0 Å². The van der Waals surface area contributed by atoms with E-state index in [1.807, 2.05) is 30.3 Å². The zero-order valence-corrected chi connectivity index (χ0v) is 13.7. The molecule has 0 spiro atoms. The van der Waals surface area contributed by atoms with Gasteiger partial charge in [0.25, 0.3) is 0 Å². The fourth-order valence-electron chi connectivity index (χ4n) is 3.17. The molecule has 0 aliphatic carbocycles. The highest BCUT2D eigenvalue weighted by molar-refractivity contribution is 6.33. The van der Waals surface area contributed by atoms with Crippen molar-refractivity contribution < 1.29 is 0 Å². The lowest BCUT2D eigenvalue weighted by molar-refractivity contribution is 0.403. The van der Waals surface area contributed by atoms with Crippen LogP contribution >= 0.6 is 11.6 Å². The van der Waals surface area contributed by atoms with Crippen molar-refractivity contribution >= 4 is 23.0 Å². The molecule has 3 rings (SSSR count). The van der Waals surface area contributed by atoms with Crippen LogP contribution in [0.25, 0.3) is 0 Å². The smallest absolute Gasteiger partial charge is 0.0991 e. The van der Waals surface area contributed by atoms with Crippen molar-refractivity contribution in [2.45, 2.75) is 19.3 Å². The molecule has 0 saturated carbocycles. The quantitative estimate of drug-likeness (QED) is 0.866. The van der Waals surface area contributed by atoms with Gasteiger partial charge in [0.1, 0.15) is 0 Å². The third-order valence-electron chi connectivity index (χ3n) is 4.43. The van der Waals surface area contributed by atoms with Gasteiger partial charge in [0, 0.05) is 18.8 Å². The molecule has 0 amide bonds. The number of anilines is 2. The fraction of sp³-hybridized carbons (Fsp3) is 0.316. The number of nitrogens with two attached hydrogens (primary N) is 1. The zero-order chi connectivity index (χ0) is 16.2. The van der Waals surface area contributed by atoms with Crippen LogP contribution in [-0.4, -0.2) is 13.1 Å². The molecule has 2 aromatic rings. The number of rotatable bonds is 3. The highest BCUT2D eigenvalue weighted by Gasteiger charge is 2.21. The first kappa shape index (κ1) is 15.7. The molecular formula is C19H19ClN3. The van der Waals surface area contributed by atoms with Crippen LogP contribution in [0.1, 0.15) is 24.0 Å². The van der Waals surface area contributed by atoms with E-state index in [4.69, 9.17) is 22.6 Å². The Morgan fingerprint density at radius 3 is 2.74 bits per heavy atom. The molecule has 0 bridgehead atoms. The minimum absolute atomic E-state index is 0.629. The largest absolute Gasteiger partial charge is 0.399 e. The summed E-state index contributed by atoms with van der Waals surface area (Å²) in [5.41, 5.74) is 9.37. The molecular weight excluding hydrogens is 306 g/mol. The summed E-state index contributed by atoms with van der Waals surface area (Å²) in [4.78, 5) is 2.33. The van der Waals surface area contributed by atoms with Crippen LogP contribution in [0.15, 0.2) is 36.4 Å². The number of benzene rings is 2. The Kier molecular flexibility index (Phi) is 4.73. The SMILES string of the molecule is N#Cc1cc[c]c(CC2CCN(c3ccc(N)cc3Cl)CC2)c1. The monoisotopic (exact) mass is 324 g/mol. The van der Waals surface area contributed by atoms with Crippen molar-refractivity contribution in [1.82, 2.24) is 0 Å². The number of nitrogen functional groups attached to an aromatic ring is 1. The Hall–Kier alpha value is -2.18. The van der Waals surface area contributed by atoms with Gasteiger partial charge in [0.2, 0.25) is 0 Å². The molecule has 117 valence electrons. The number of nitriles is 1. The van der Waals surface area contributed by atoms with Crippen molar-refractivity contribution in [2.75, 3.05) is 23.7 Å². The van der Waals surface area contributed by atoms with Gasteiger partial charge in [-0.05, 0) is 67.1 Å². The number of hydrogen-bond donors (Lipinski definition) is 1. The van der Waals surface area contributed by atoms with Crippen molar-refractivity contribution in [1.29, 1.82) is 5.26 Å². The van der Waals surface area contributed by atoms with Gasteiger partial charge >= 0.3 is 0 Å². The predicted molar refractivity (Wildman–Crippen MR) is 94.5 cm³/mol. The number of halogens is 1. The van der Waals surface area contributed by atoms with E-state index in [1.165, 1.54) is 0 Å². The zero-order valence-electron chi connectivity index (χ0n) is 12.9. The maximum Gasteiger partial charge on any atom is 0.0991 e. The minimum Gasteiger partial charge on any atom is -0.399 e. The van der Waals surface area contributed by atoms with Gasteiger partial charge < -0.3 is 10.6 Å². The second-order valence-electron chi connectivity index (χ2n) is 6.06. The lowest BCUT2D eigenvalue weighted by Gasteiger charge is -2.34. The topological polar surface area (TPSA) is 53.0 Å². The van der Waals surface area contributed by atoms with Crippen LogP contribution in [0.5, 0.6) is 0 Å².